The van der Waals surface area contributed by atoms with Gasteiger partial charge in [-0.25, -0.2) is 9.97 Å². The Morgan fingerprint density at radius 3 is 2.86 bits per heavy atom. The second kappa shape index (κ2) is 6.77. The minimum Gasteiger partial charge on any atom is -0.325 e. The number of nitrogens with zero attached hydrogens (tertiary/aromatic N) is 2. The molecule has 0 saturated heterocycles. The van der Waals surface area contributed by atoms with Crippen LogP contribution in [0, 0.1) is 0 Å². The van der Waals surface area contributed by atoms with Crippen LogP contribution in [-0.4, -0.2) is 21.6 Å². The van der Waals surface area contributed by atoms with Gasteiger partial charge in [-0.1, -0.05) is 47.6 Å². The van der Waals surface area contributed by atoms with Crippen molar-refractivity contribution < 1.29 is 4.79 Å². The Bertz CT molecular complexity index is 820. The zero-order chi connectivity index (χ0) is 15.4. The molecule has 0 aliphatic heterocycles. The molecule has 3 aromatic rings. The van der Waals surface area contributed by atoms with Crippen LogP contribution in [0.2, 0.25) is 5.02 Å². The molecule has 0 radical (unpaired) electrons. The maximum Gasteiger partial charge on any atom is 0.234 e. The average Bonchev–Trinajstić information content (AvgIpc) is 2.53. The molecule has 1 amide bonds. The van der Waals surface area contributed by atoms with Gasteiger partial charge in [0.2, 0.25) is 5.91 Å². The van der Waals surface area contributed by atoms with Crippen LogP contribution in [0.4, 0.5) is 5.69 Å². The highest BCUT2D eigenvalue weighted by Gasteiger charge is 2.08. The number of nitrogens with one attached hydrogen (secondary N) is 1. The smallest absolute Gasteiger partial charge is 0.234 e. The first-order valence-corrected chi connectivity index (χ1v) is 7.97. The number of hydrogen-bond acceptors (Lipinski definition) is 4. The topological polar surface area (TPSA) is 54.9 Å². The normalized spacial score (nSPS) is 10.6. The molecule has 4 nitrogen and oxygen atoms in total. The van der Waals surface area contributed by atoms with Gasteiger partial charge in [0.1, 0.15) is 11.4 Å². The molecule has 6 heteroatoms. The number of para-hydroxylation sites is 1. The van der Waals surface area contributed by atoms with Crippen LogP contribution < -0.4 is 5.32 Å². The number of carbonyl (C=O) groups is 1. The SMILES string of the molecule is O=C(CSc1ncnc2ccccc12)Nc1cccc(Cl)c1. The van der Waals surface area contributed by atoms with Crippen molar-refractivity contribution in [1.29, 1.82) is 0 Å². The van der Waals surface area contributed by atoms with Crippen molar-refractivity contribution in [2.24, 2.45) is 0 Å². The summed E-state index contributed by atoms with van der Waals surface area (Å²) >= 11 is 7.28. The van der Waals surface area contributed by atoms with E-state index < -0.39 is 0 Å². The monoisotopic (exact) mass is 329 g/mol. The molecule has 0 unspecified atom stereocenters. The first-order valence-electron chi connectivity index (χ1n) is 6.60. The van der Waals surface area contributed by atoms with Gasteiger partial charge in [0, 0.05) is 16.1 Å². The van der Waals surface area contributed by atoms with Crippen molar-refractivity contribution in [2.75, 3.05) is 11.1 Å². The van der Waals surface area contributed by atoms with Crippen LogP contribution in [0.3, 0.4) is 0 Å². The summed E-state index contributed by atoms with van der Waals surface area (Å²) < 4.78 is 0. The number of fused-ring (bicyclic) bond motifs is 1. The Labute approximate surface area is 136 Å². The van der Waals surface area contributed by atoms with Crippen molar-refractivity contribution in [1.82, 2.24) is 9.97 Å². The van der Waals surface area contributed by atoms with E-state index in [1.165, 1.54) is 18.1 Å². The van der Waals surface area contributed by atoms with E-state index in [2.05, 4.69) is 15.3 Å². The fourth-order valence-corrected chi connectivity index (χ4v) is 2.97. The number of thioether (sulfide) groups is 1. The van der Waals surface area contributed by atoms with Crippen LogP contribution in [0.5, 0.6) is 0 Å². The molecule has 0 fully saturated rings. The van der Waals surface area contributed by atoms with Crippen LogP contribution in [0.15, 0.2) is 59.9 Å². The minimum atomic E-state index is -0.102. The Morgan fingerprint density at radius 2 is 2.00 bits per heavy atom. The van der Waals surface area contributed by atoms with E-state index in [4.69, 9.17) is 11.6 Å². The molecule has 0 aliphatic carbocycles. The van der Waals surface area contributed by atoms with E-state index >= 15 is 0 Å². The fraction of sp³-hybridized carbons (Fsp3) is 0.0625. The molecule has 1 N–H and O–H groups in total. The Hall–Kier alpha value is -2.11. The highest BCUT2D eigenvalue weighted by Crippen LogP contribution is 2.24. The van der Waals surface area contributed by atoms with Gasteiger partial charge in [-0.15, -0.1) is 0 Å². The molecule has 0 atom stereocenters. The summed E-state index contributed by atoms with van der Waals surface area (Å²) in [4.78, 5) is 20.5. The molecule has 1 aromatic heterocycles. The molecular weight excluding hydrogens is 318 g/mol. The fourth-order valence-electron chi connectivity index (χ4n) is 1.99. The van der Waals surface area contributed by atoms with Crippen molar-refractivity contribution in [3.05, 3.63) is 59.9 Å². The lowest BCUT2D eigenvalue weighted by atomic mass is 10.2. The van der Waals surface area contributed by atoms with Crippen molar-refractivity contribution in [3.8, 4) is 0 Å². The third-order valence-electron chi connectivity index (χ3n) is 2.95. The van der Waals surface area contributed by atoms with Crippen molar-refractivity contribution >= 4 is 45.9 Å². The van der Waals surface area contributed by atoms with Crippen LogP contribution in [-0.2, 0) is 4.79 Å². The highest BCUT2D eigenvalue weighted by molar-refractivity contribution is 8.00. The molecule has 0 spiro atoms. The standard InChI is InChI=1S/C16H12ClN3OS/c17-11-4-3-5-12(8-11)20-15(21)9-22-16-13-6-1-2-7-14(13)18-10-19-16/h1-8,10H,9H2,(H,20,21). The van der Waals surface area contributed by atoms with E-state index in [9.17, 15) is 4.79 Å². The molecule has 110 valence electrons. The summed E-state index contributed by atoms with van der Waals surface area (Å²) in [7, 11) is 0. The number of anilines is 1. The Balaban J connectivity index is 1.68. The Morgan fingerprint density at radius 1 is 1.14 bits per heavy atom. The number of hydrogen-bond donors (Lipinski definition) is 1. The number of benzene rings is 2. The van der Waals surface area contributed by atoms with Gasteiger partial charge in [-0.2, -0.15) is 0 Å². The zero-order valence-electron chi connectivity index (χ0n) is 11.5. The first kappa shape index (κ1) is 14.8. The lowest BCUT2D eigenvalue weighted by molar-refractivity contribution is -0.113. The second-order valence-electron chi connectivity index (χ2n) is 4.54. The van der Waals surface area contributed by atoms with E-state index in [1.807, 2.05) is 24.3 Å². The zero-order valence-corrected chi connectivity index (χ0v) is 13.1. The summed E-state index contributed by atoms with van der Waals surface area (Å²) in [5.74, 6) is 0.169. The van der Waals surface area contributed by atoms with E-state index in [-0.39, 0.29) is 11.7 Å². The highest BCUT2D eigenvalue weighted by atomic mass is 35.5. The summed E-state index contributed by atoms with van der Waals surface area (Å²) in [6.45, 7) is 0. The first-order chi connectivity index (χ1) is 10.7. The van der Waals surface area contributed by atoms with Gasteiger partial charge < -0.3 is 5.32 Å². The maximum atomic E-state index is 12.0. The van der Waals surface area contributed by atoms with Gasteiger partial charge in [-0.3, -0.25) is 4.79 Å². The predicted octanol–water partition coefficient (Wildman–Crippen LogP) is 4.01. The molecule has 0 saturated carbocycles. The minimum absolute atomic E-state index is 0.102. The summed E-state index contributed by atoms with van der Waals surface area (Å²) in [5, 5.41) is 5.15. The number of rotatable bonds is 4. The van der Waals surface area contributed by atoms with Gasteiger partial charge in [0.15, 0.2) is 0 Å². The molecule has 22 heavy (non-hydrogen) atoms. The molecule has 1 heterocycles. The number of amides is 1. The lowest BCUT2D eigenvalue weighted by Crippen LogP contribution is -2.14. The maximum absolute atomic E-state index is 12.0. The van der Waals surface area contributed by atoms with Crippen LogP contribution >= 0.6 is 23.4 Å². The third kappa shape index (κ3) is 3.55. The summed E-state index contributed by atoms with van der Waals surface area (Å²) in [6, 6.07) is 14.8. The van der Waals surface area contributed by atoms with Crippen molar-refractivity contribution in [3.63, 3.8) is 0 Å². The number of carbonyl (C=O) groups excluding carboxylic acids is 1. The largest absolute Gasteiger partial charge is 0.325 e. The molecule has 2 aromatic carbocycles. The van der Waals surface area contributed by atoms with Gasteiger partial charge in [0.05, 0.1) is 11.3 Å². The molecule has 0 bridgehead atoms. The summed E-state index contributed by atoms with van der Waals surface area (Å²) in [6.07, 6.45) is 1.51. The van der Waals surface area contributed by atoms with E-state index in [0.29, 0.717) is 10.7 Å². The number of halogens is 1. The number of aromatic nitrogens is 2. The Kier molecular flexibility index (Phi) is 4.56. The van der Waals surface area contributed by atoms with Crippen molar-refractivity contribution in [2.45, 2.75) is 5.03 Å². The summed E-state index contributed by atoms with van der Waals surface area (Å²) in [5.41, 5.74) is 1.56. The lowest BCUT2D eigenvalue weighted by Gasteiger charge is -2.06. The van der Waals surface area contributed by atoms with Gasteiger partial charge >= 0.3 is 0 Å². The average molecular weight is 330 g/mol. The van der Waals surface area contributed by atoms with E-state index in [1.54, 1.807) is 24.3 Å². The van der Waals surface area contributed by atoms with Gasteiger partial charge in [-0.05, 0) is 24.3 Å². The predicted molar refractivity (Wildman–Crippen MR) is 90.3 cm³/mol. The molecule has 0 aliphatic rings. The van der Waals surface area contributed by atoms with E-state index in [0.717, 1.165) is 15.9 Å². The molecular formula is C16H12ClN3OS. The van der Waals surface area contributed by atoms with Crippen LogP contribution in [0.25, 0.3) is 10.9 Å². The van der Waals surface area contributed by atoms with Crippen LogP contribution in [0.1, 0.15) is 0 Å². The third-order valence-corrected chi connectivity index (χ3v) is 4.20. The molecule has 3 rings (SSSR count). The second-order valence-corrected chi connectivity index (χ2v) is 5.94. The van der Waals surface area contributed by atoms with Gasteiger partial charge in [0.25, 0.3) is 0 Å². The quantitative estimate of drug-likeness (QED) is 0.580.